The minimum absolute atomic E-state index is 0. The van der Waals surface area contributed by atoms with Crippen LogP contribution in [0.15, 0.2) is 56.7 Å². The van der Waals surface area contributed by atoms with Gasteiger partial charge in [0, 0.05) is 18.4 Å². The molecule has 0 atom stereocenters. The van der Waals surface area contributed by atoms with Gasteiger partial charge in [-0.05, 0) is 28.8 Å². The number of hydrogen-bond acceptors (Lipinski definition) is 5. The maximum atomic E-state index is 12.4. The number of nitrogens with zero attached hydrogens (tertiary/aromatic N) is 2. The first kappa shape index (κ1) is 21.9. The first-order valence-electron chi connectivity index (χ1n) is 9.01. The molecule has 0 aliphatic carbocycles. The van der Waals surface area contributed by atoms with Crippen molar-refractivity contribution in [3.8, 4) is 0 Å². The average molecular weight is 405 g/mol. The molecule has 0 amide bonds. The molecular weight excluding hydrogens is 380 g/mol. The van der Waals surface area contributed by atoms with Crippen LogP contribution >= 0.6 is 12.4 Å². The lowest BCUT2D eigenvalue weighted by Crippen LogP contribution is -2.42. The average Bonchev–Trinajstić information content (AvgIpc) is 2.64. The van der Waals surface area contributed by atoms with Crippen molar-refractivity contribution < 1.29 is 19.1 Å². The molecule has 0 radical (unpaired) electrons. The van der Waals surface area contributed by atoms with Crippen LogP contribution in [-0.4, -0.2) is 55.8 Å². The van der Waals surface area contributed by atoms with Gasteiger partial charge >= 0.3 is 5.63 Å². The Balaban J connectivity index is 0.00000280. The molecule has 3 rings (SSSR count). The molecular formula is C21H25ClN2O4. The van der Waals surface area contributed by atoms with Gasteiger partial charge in [0.1, 0.15) is 12.1 Å². The van der Waals surface area contributed by atoms with E-state index in [0.717, 1.165) is 22.7 Å². The zero-order chi connectivity index (χ0) is 19.4. The number of halogens is 1. The van der Waals surface area contributed by atoms with Crippen molar-refractivity contribution in [2.24, 2.45) is 4.99 Å². The van der Waals surface area contributed by atoms with E-state index >= 15 is 0 Å². The maximum absolute atomic E-state index is 12.4. The van der Waals surface area contributed by atoms with Gasteiger partial charge in [0.25, 0.3) is 0 Å². The Bertz CT molecular complexity index is 1040. The minimum Gasteiger partial charge on any atom is -0.858 e. The lowest BCUT2D eigenvalue weighted by atomic mass is 10.0. The number of hydrogen-bond donors (Lipinski definition) is 1. The van der Waals surface area contributed by atoms with E-state index in [0.29, 0.717) is 29.6 Å². The third-order valence-electron chi connectivity index (χ3n) is 4.75. The summed E-state index contributed by atoms with van der Waals surface area (Å²) in [5.74, 6) is -0.550. The largest absolute Gasteiger partial charge is 0.858 e. The third-order valence-corrected chi connectivity index (χ3v) is 4.75. The Morgan fingerprint density at radius 1 is 1.14 bits per heavy atom. The summed E-state index contributed by atoms with van der Waals surface area (Å²) in [5.41, 5.74) is -0.246. The van der Waals surface area contributed by atoms with Crippen molar-refractivity contribution in [2.75, 3.05) is 40.3 Å². The quantitative estimate of drug-likeness (QED) is 0.163. The van der Waals surface area contributed by atoms with Crippen molar-refractivity contribution >= 4 is 40.0 Å². The number of aliphatic hydroxyl groups excluding tert-OH is 1. The van der Waals surface area contributed by atoms with Crippen LogP contribution in [-0.2, 0) is 0 Å². The van der Waals surface area contributed by atoms with E-state index in [1.54, 1.807) is 12.1 Å². The fourth-order valence-corrected chi connectivity index (χ4v) is 3.17. The second kappa shape index (κ2) is 9.19. The highest BCUT2D eigenvalue weighted by Crippen LogP contribution is 2.24. The van der Waals surface area contributed by atoms with E-state index in [1.807, 2.05) is 44.4 Å². The van der Waals surface area contributed by atoms with Crippen molar-refractivity contribution in [3.05, 3.63) is 58.4 Å². The van der Waals surface area contributed by atoms with Crippen LogP contribution in [0.25, 0.3) is 21.7 Å². The molecule has 0 bridgehead atoms. The SMILES string of the molecule is C[N+](C)(CCO)CCCN=C([O-])c1cc2c(ccc3ccccc32)oc1=O.Cl. The molecule has 1 aromatic heterocycles. The summed E-state index contributed by atoms with van der Waals surface area (Å²) >= 11 is 0. The molecule has 0 aliphatic heterocycles. The second-order valence-corrected chi connectivity index (χ2v) is 7.29. The van der Waals surface area contributed by atoms with Crippen LogP contribution in [0.3, 0.4) is 0 Å². The highest BCUT2D eigenvalue weighted by molar-refractivity contribution is 6.07. The summed E-state index contributed by atoms with van der Waals surface area (Å²) in [5, 5.41) is 24.1. The highest BCUT2D eigenvalue weighted by atomic mass is 35.5. The molecule has 7 heteroatoms. The molecule has 0 unspecified atom stereocenters. The number of aliphatic hydroxyl groups is 1. The van der Waals surface area contributed by atoms with Gasteiger partial charge in [-0.3, -0.25) is 4.99 Å². The summed E-state index contributed by atoms with van der Waals surface area (Å²) in [6, 6.07) is 13.0. The van der Waals surface area contributed by atoms with E-state index in [4.69, 9.17) is 9.52 Å². The molecule has 2 aromatic carbocycles. The van der Waals surface area contributed by atoms with Crippen LogP contribution in [0.1, 0.15) is 12.0 Å². The Morgan fingerprint density at radius 3 is 2.64 bits per heavy atom. The van der Waals surface area contributed by atoms with Gasteiger partial charge in [0.2, 0.25) is 0 Å². The highest BCUT2D eigenvalue weighted by Gasteiger charge is 2.13. The van der Waals surface area contributed by atoms with Crippen molar-refractivity contribution in [2.45, 2.75) is 6.42 Å². The van der Waals surface area contributed by atoms with Crippen LogP contribution in [0, 0.1) is 0 Å². The van der Waals surface area contributed by atoms with Gasteiger partial charge in [-0.2, -0.15) is 0 Å². The number of fused-ring (bicyclic) bond motifs is 3. The normalized spacial score (nSPS) is 12.3. The lowest BCUT2D eigenvalue weighted by molar-refractivity contribution is -0.890. The summed E-state index contributed by atoms with van der Waals surface area (Å²) < 4.78 is 6.00. The van der Waals surface area contributed by atoms with E-state index in [-0.39, 0.29) is 24.6 Å². The lowest BCUT2D eigenvalue weighted by Gasteiger charge is -2.28. The van der Waals surface area contributed by atoms with E-state index in [1.165, 1.54) is 0 Å². The smallest absolute Gasteiger partial charge is 0.344 e. The van der Waals surface area contributed by atoms with Crippen LogP contribution in [0.5, 0.6) is 0 Å². The topological polar surface area (TPSA) is 85.9 Å². The Hall–Kier alpha value is -2.41. The minimum atomic E-state index is -0.664. The third kappa shape index (κ3) is 4.90. The van der Waals surface area contributed by atoms with Gasteiger partial charge in [-0.15, -0.1) is 12.4 Å². The summed E-state index contributed by atoms with van der Waals surface area (Å²) in [6.45, 7) is 1.89. The Labute approximate surface area is 169 Å². The molecule has 28 heavy (non-hydrogen) atoms. The fraction of sp³-hybridized carbons (Fsp3) is 0.333. The summed E-state index contributed by atoms with van der Waals surface area (Å²) in [6.07, 6.45) is 0.695. The number of likely N-dealkylation sites (N-methyl/N-ethyl adjacent to an activating group) is 1. The summed E-state index contributed by atoms with van der Waals surface area (Å²) in [7, 11) is 4.03. The van der Waals surface area contributed by atoms with Gasteiger partial charge in [-0.1, -0.05) is 30.3 Å². The molecule has 3 aromatic rings. The van der Waals surface area contributed by atoms with E-state index in [2.05, 4.69) is 4.99 Å². The second-order valence-electron chi connectivity index (χ2n) is 7.29. The number of aliphatic imine (C=N–C) groups is 1. The van der Waals surface area contributed by atoms with Gasteiger partial charge in [-0.25, -0.2) is 4.79 Å². The predicted molar refractivity (Wildman–Crippen MR) is 112 cm³/mol. The number of benzene rings is 2. The predicted octanol–water partition coefficient (Wildman–Crippen LogP) is 1.93. The zero-order valence-electron chi connectivity index (χ0n) is 16.1. The molecule has 0 spiro atoms. The fourth-order valence-electron chi connectivity index (χ4n) is 3.17. The van der Waals surface area contributed by atoms with Crippen molar-refractivity contribution in [1.82, 2.24) is 0 Å². The van der Waals surface area contributed by atoms with Gasteiger partial charge in [0.05, 0.1) is 32.8 Å². The summed E-state index contributed by atoms with van der Waals surface area (Å²) in [4.78, 5) is 16.2. The van der Waals surface area contributed by atoms with Crippen LogP contribution in [0.2, 0.25) is 0 Å². The van der Waals surface area contributed by atoms with E-state index < -0.39 is 11.5 Å². The Morgan fingerprint density at radius 2 is 1.89 bits per heavy atom. The first-order valence-corrected chi connectivity index (χ1v) is 9.01. The van der Waals surface area contributed by atoms with Gasteiger partial charge in [0.15, 0.2) is 0 Å². The maximum Gasteiger partial charge on any atom is 0.344 e. The standard InChI is InChI=1S/C21H24N2O4.ClH/c1-23(2,12-13-24)11-5-10-22-20(25)18-14-17-16-7-4-3-6-15(16)8-9-19(17)27-21(18)26;/h3-4,6-9,14,24H,5,10-13H2,1-2H3;1H. The molecule has 150 valence electrons. The molecule has 0 fully saturated rings. The molecule has 1 N–H and O–H groups in total. The zero-order valence-corrected chi connectivity index (χ0v) is 16.9. The molecule has 6 nitrogen and oxygen atoms in total. The number of quaternary nitrogens is 1. The van der Waals surface area contributed by atoms with Crippen LogP contribution < -0.4 is 10.7 Å². The molecule has 1 heterocycles. The van der Waals surface area contributed by atoms with E-state index in [9.17, 15) is 9.90 Å². The van der Waals surface area contributed by atoms with Crippen molar-refractivity contribution in [3.63, 3.8) is 0 Å². The molecule has 0 saturated carbocycles. The number of rotatable bonds is 7. The Kier molecular flexibility index (Phi) is 7.18. The first-order chi connectivity index (χ1) is 12.9. The molecule has 0 saturated heterocycles. The van der Waals surface area contributed by atoms with Crippen LogP contribution in [0.4, 0.5) is 0 Å². The van der Waals surface area contributed by atoms with Crippen molar-refractivity contribution in [1.29, 1.82) is 0 Å². The monoisotopic (exact) mass is 404 g/mol. The molecule has 0 aliphatic rings. The van der Waals surface area contributed by atoms with Gasteiger partial charge < -0.3 is 19.1 Å².